The van der Waals surface area contributed by atoms with E-state index in [0.29, 0.717) is 35.6 Å². The van der Waals surface area contributed by atoms with Gasteiger partial charge in [0.25, 0.3) is 5.91 Å². The second kappa shape index (κ2) is 7.71. The van der Waals surface area contributed by atoms with Crippen molar-refractivity contribution in [1.29, 1.82) is 0 Å². The van der Waals surface area contributed by atoms with Crippen LogP contribution in [0.4, 0.5) is 18.9 Å². The number of nitrogens with one attached hydrogen (secondary N) is 1. The summed E-state index contributed by atoms with van der Waals surface area (Å²) in [5, 5.41) is 3.19. The van der Waals surface area contributed by atoms with Crippen LogP contribution in [0.15, 0.2) is 36.4 Å². The van der Waals surface area contributed by atoms with Crippen LogP contribution in [0.25, 0.3) is 11.1 Å². The quantitative estimate of drug-likeness (QED) is 0.833. The Morgan fingerprint density at radius 2 is 2.07 bits per heavy atom. The molecule has 0 radical (unpaired) electrons. The molecule has 4 rings (SSSR count). The van der Waals surface area contributed by atoms with Gasteiger partial charge in [0.1, 0.15) is 11.6 Å². The zero-order chi connectivity index (χ0) is 19.7. The first-order chi connectivity index (χ1) is 13.5. The van der Waals surface area contributed by atoms with Crippen molar-refractivity contribution in [2.24, 2.45) is 0 Å². The summed E-state index contributed by atoms with van der Waals surface area (Å²) in [6, 6.07) is 8.49. The lowest BCUT2D eigenvalue weighted by atomic mass is 10.00. The van der Waals surface area contributed by atoms with Crippen LogP contribution in [0.5, 0.6) is 5.75 Å². The average molecular weight is 392 g/mol. The van der Waals surface area contributed by atoms with Gasteiger partial charge in [0.2, 0.25) is 0 Å². The number of carbonyl (C=O) groups is 1. The molecule has 0 saturated carbocycles. The summed E-state index contributed by atoms with van der Waals surface area (Å²) in [4.78, 5) is 14.5. The number of benzene rings is 2. The number of ether oxygens (including phenoxy) is 2. The van der Waals surface area contributed by atoms with Gasteiger partial charge >= 0.3 is 6.61 Å². The minimum atomic E-state index is -3.03. The number of hydrogen-bond acceptors (Lipinski definition) is 4. The zero-order valence-electron chi connectivity index (χ0n) is 15.0. The predicted molar refractivity (Wildman–Crippen MR) is 97.0 cm³/mol. The molecule has 0 aromatic heterocycles. The first-order valence-electron chi connectivity index (χ1n) is 9.04. The molecular formula is C20H19F3N2O3. The van der Waals surface area contributed by atoms with E-state index in [1.165, 1.54) is 12.1 Å². The fourth-order valence-electron chi connectivity index (χ4n) is 3.56. The highest BCUT2D eigenvalue weighted by molar-refractivity contribution is 6.02. The molecule has 2 aliphatic rings. The lowest BCUT2D eigenvalue weighted by molar-refractivity contribution is -0.0499. The summed E-state index contributed by atoms with van der Waals surface area (Å²) in [7, 11) is 0. The molecule has 2 heterocycles. The Kier molecular flexibility index (Phi) is 5.13. The third-order valence-electron chi connectivity index (χ3n) is 4.88. The number of fused-ring (bicyclic) bond motifs is 1. The van der Waals surface area contributed by atoms with E-state index < -0.39 is 12.4 Å². The molecule has 0 bridgehead atoms. The minimum Gasteiger partial charge on any atom is -0.435 e. The SMILES string of the molecule is O=C1c2ccc(-c3cc(F)cc(OC(F)F)c3)cc2NCN1C[C@H]1CCCO1. The Balaban J connectivity index is 1.57. The molecule has 1 saturated heterocycles. The molecule has 148 valence electrons. The Morgan fingerprint density at radius 3 is 2.82 bits per heavy atom. The highest BCUT2D eigenvalue weighted by Crippen LogP contribution is 2.32. The van der Waals surface area contributed by atoms with Crippen molar-refractivity contribution in [3.8, 4) is 16.9 Å². The summed E-state index contributed by atoms with van der Waals surface area (Å²) in [5.41, 5.74) is 2.10. The molecule has 28 heavy (non-hydrogen) atoms. The summed E-state index contributed by atoms with van der Waals surface area (Å²) in [6.07, 6.45) is 2.01. The molecule has 5 nitrogen and oxygen atoms in total. The van der Waals surface area contributed by atoms with E-state index in [2.05, 4.69) is 10.1 Å². The van der Waals surface area contributed by atoms with Gasteiger partial charge in [-0.1, -0.05) is 6.07 Å². The van der Waals surface area contributed by atoms with Crippen LogP contribution in [0.3, 0.4) is 0 Å². The van der Waals surface area contributed by atoms with Crippen molar-refractivity contribution >= 4 is 11.6 Å². The van der Waals surface area contributed by atoms with Gasteiger partial charge in [0.15, 0.2) is 0 Å². The van der Waals surface area contributed by atoms with Crippen LogP contribution in [0.1, 0.15) is 23.2 Å². The highest BCUT2D eigenvalue weighted by atomic mass is 19.3. The number of amides is 1. The number of anilines is 1. The molecule has 1 N–H and O–H groups in total. The molecular weight excluding hydrogens is 373 g/mol. The van der Waals surface area contributed by atoms with Crippen molar-refractivity contribution in [3.63, 3.8) is 0 Å². The third-order valence-corrected chi connectivity index (χ3v) is 4.88. The van der Waals surface area contributed by atoms with E-state index in [4.69, 9.17) is 4.74 Å². The standard InChI is InChI=1S/C20H19F3N2O3/c21-14-6-13(7-16(9-14)28-20(22)23)12-3-4-17-18(8-12)24-11-25(19(17)26)10-15-2-1-5-27-15/h3-4,6-9,15,20,24H,1-2,5,10-11H2/t15-/m1/s1. The monoisotopic (exact) mass is 392 g/mol. The normalized spacial score (nSPS) is 18.9. The fourth-order valence-corrected chi connectivity index (χ4v) is 3.56. The molecule has 1 atom stereocenters. The van der Waals surface area contributed by atoms with Crippen LogP contribution in [0.2, 0.25) is 0 Å². The maximum Gasteiger partial charge on any atom is 0.387 e. The second-order valence-electron chi connectivity index (χ2n) is 6.81. The number of alkyl halides is 2. The van der Waals surface area contributed by atoms with Gasteiger partial charge in [-0.05, 0) is 48.2 Å². The third kappa shape index (κ3) is 3.91. The van der Waals surface area contributed by atoms with Gasteiger partial charge in [0.05, 0.1) is 18.3 Å². The fraction of sp³-hybridized carbons (Fsp3) is 0.350. The van der Waals surface area contributed by atoms with E-state index >= 15 is 0 Å². The Bertz CT molecular complexity index is 885. The van der Waals surface area contributed by atoms with Crippen molar-refractivity contribution in [1.82, 2.24) is 4.90 Å². The van der Waals surface area contributed by atoms with Gasteiger partial charge in [-0.25, -0.2) is 4.39 Å². The minimum absolute atomic E-state index is 0.0622. The van der Waals surface area contributed by atoms with Crippen LogP contribution < -0.4 is 10.1 Å². The Morgan fingerprint density at radius 1 is 1.21 bits per heavy atom. The molecule has 8 heteroatoms. The van der Waals surface area contributed by atoms with Gasteiger partial charge in [0, 0.05) is 24.9 Å². The molecule has 0 spiro atoms. The van der Waals surface area contributed by atoms with Crippen LogP contribution in [0, 0.1) is 5.82 Å². The number of hydrogen-bond donors (Lipinski definition) is 1. The van der Waals surface area contributed by atoms with Crippen molar-refractivity contribution in [2.75, 3.05) is 25.1 Å². The molecule has 1 amide bonds. The lowest BCUT2D eigenvalue weighted by Crippen LogP contribution is -2.43. The molecule has 2 aliphatic heterocycles. The maximum atomic E-state index is 13.8. The van der Waals surface area contributed by atoms with Crippen molar-refractivity contribution < 1.29 is 27.4 Å². The number of rotatable bonds is 5. The van der Waals surface area contributed by atoms with Crippen molar-refractivity contribution in [3.05, 3.63) is 47.8 Å². The predicted octanol–water partition coefficient (Wildman–Crippen LogP) is 4.10. The average Bonchev–Trinajstić information content (AvgIpc) is 3.16. The highest BCUT2D eigenvalue weighted by Gasteiger charge is 2.28. The second-order valence-corrected chi connectivity index (χ2v) is 6.81. The van der Waals surface area contributed by atoms with Crippen LogP contribution in [-0.2, 0) is 4.74 Å². The summed E-state index contributed by atoms with van der Waals surface area (Å²) >= 11 is 0. The van der Waals surface area contributed by atoms with E-state index in [1.807, 2.05) is 0 Å². The Hall–Kier alpha value is -2.74. The Labute approximate surface area is 160 Å². The molecule has 0 unspecified atom stereocenters. The summed E-state index contributed by atoms with van der Waals surface area (Å²) < 4.78 is 48.6. The van der Waals surface area contributed by atoms with Gasteiger partial charge in [-0.2, -0.15) is 8.78 Å². The summed E-state index contributed by atoms with van der Waals surface area (Å²) in [6.45, 7) is -1.43. The first kappa shape index (κ1) is 18.6. The van der Waals surface area contributed by atoms with Gasteiger partial charge in [-0.15, -0.1) is 0 Å². The zero-order valence-corrected chi connectivity index (χ0v) is 15.0. The number of carbonyl (C=O) groups excluding carboxylic acids is 1. The molecule has 2 aromatic rings. The first-order valence-corrected chi connectivity index (χ1v) is 9.04. The number of halogens is 3. The molecule has 2 aromatic carbocycles. The topological polar surface area (TPSA) is 50.8 Å². The van der Waals surface area contributed by atoms with Crippen molar-refractivity contribution in [2.45, 2.75) is 25.6 Å². The van der Waals surface area contributed by atoms with E-state index in [9.17, 15) is 18.0 Å². The van der Waals surface area contributed by atoms with Crippen LogP contribution >= 0.6 is 0 Å². The number of nitrogens with zero attached hydrogens (tertiary/aromatic N) is 1. The smallest absolute Gasteiger partial charge is 0.387 e. The van der Waals surface area contributed by atoms with Crippen LogP contribution in [-0.4, -0.2) is 43.3 Å². The molecule has 0 aliphatic carbocycles. The van der Waals surface area contributed by atoms with E-state index in [0.717, 1.165) is 25.5 Å². The van der Waals surface area contributed by atoms with E-state index in [1.54, 1.807) is 23.1 Å². The lowest BCUT2D eigenvalue weighted by Gasteiger charge is -2.31. The van der Waals surface area contributed by atoms with Gasteiger partial charge < -0.3 is 19.7 Å². The maximum absolute atomic E-state index is 13.8. The summed E-state index contributed by atoms with van der Waals surface area (Å²) in [5.74, 6) is -1.04. The van der Waals surface area contributed by atoms with E-state index in [-0.39, 0.29) is 17.8 Å². The van der Waals surface area contributed by atoms with Gasteiger partial charge in [-0.3, -0.25) is 4.79 Å². The molecule has 1 fully saturated rings. The largest absolute Gasteiger partial charge is 0.435 e.